The molecule has 0 aliphatic rings. The lowest BCUT2D eigenvalue weighted by atomic mass is 9.88. The molecule has 0 unspecified atom stereocenters. The Kier molecular flexibility index (Phi) is 18.2. The summed E-state index contributed by atoms with van der Waals surface area (Å²) in [5.74, 6) is -1.72. The van der Waals surface area contributed by atoms with Crippen molar-refractivity contribution in [2.75, 3.05) is 39.6 Å². The maximum absolute atomic E-state index is 12.7. The van der Waals surface area contributed by atoms with E-state index in [1.807, 2.05) is 18.2 Å². The van der Waals surface area contributed by atoms with Crippen molar-refractivity contribution >= 4 is 108 Å². The molecule has 0 atom stereocenters. The summed E-state index contributed by atoms with van der Waals surface area (Å²) in [6.45, 7) is 1.16. The molecule has 0 spiro atoms. The first-order valence-corrected chi connectivity index (χ1v) is 18.3. The minimum atomic E-state index is -1.05. The van der Waals surface area contributed by atoms with Gasteiger partial charge in [-0.3, -0.25) is 14.4 Å². The standard InChI is InChI=1S/C36H38O9S6/c1-2-36(21-43-30(37)12-15-40-33(49)24-6-3-9-27(46)18-24,22-44-31(38)13-16-41-34(50)25-7-4-10-28(47)19-25)23-45-32(39)14-17-42-35(51)26-8-5-11-29(48)20-26/h3-11,18-20,46-48H,2,12-17,21-23H2,1H3. The number of hydrogen-bond donors (Lipinski definition) is 3. The maximum atomic E-state index is 12.7. The molecule has 0 aliphatic carbocycles. The van der Waals surface area contributed by atoms with E-state index in [9.17, 15) is 14.4 Å². The Morgan fingerprint density at radius 2 is 0.824 bits per heavy atom. The first-order chi connectivity index (χ1) is 24.4. The molecule has 15 heteroatoms. The zero-order valence-electron chi connectivity index (χ0n) is 27.7. The topological polar surface area (TPSA) is 107 Å². The van der Waals surface area contributed by atoms with Crippen molar-refractivity contribution in [3.05, 3.63) is 89.5 Å². The zero-order valence-corrected chi connectivity index (χ0v) is 32.9. The number of carbonyl (C=O) groups excluding carboxylic acids is 3. The third-order valence-corrected chi connectivity index (χ3v) is 9.13. The van der Waals surface area contributed by atoms with E-state index in [2.05, 4.69) is 37.9 Å². The molecule has 0 fully saturated rings. The van der Waals surface area contributed by atoms with Crippen LogP contribution in [-0.2, 0) is 42.8 Å². The second-order valence-electron chi connectivity index (χ2n) is 11.1. The van der Waals surface area contributed by atoms with Gasteiger partial charge in [-0.2, -0.15) is 0 Å². The van der Waals surface area contributed by atoms with E-state index in [-0.39, 0.29) is 74.1 Å². The van der Waals surface area contributed by atoms with Gasteiger partial charge in [-0.05, 0) is 79.5 Å². The molecule has 9 nitrogen and oxygen atoms in total. The second-order valence-corrected chi connectivity index (χ2v) is 13.8. The number of hydrogen-bond acceptors (Lipinski definition) is 15. The van der Waals surface area contributed by atoms with E-state index in [1.54, 1.807) is 61.5 Å². The number of thiocarbonyl (C=S) groups is 3. The Morgan fingerprint density at radius 1 is 0.529 bits per heavy atom. The van der Waals surface area contributed by atoms with Crippen molar-refractivity contribution in [1.82, 2.24) is 0 Å². The minimum Gasteiger partial charge on any atom is -0.482 e. The van der Waals surface area contributed by atoms with Crippen molar-refractivity contribution in [2.45, 2.75) is 47.3 Å². The molecule has 0 radical (unpaired) electrons. The SMILES string of the molecule is CCC(COC(=O)CCOC(=S)c1cccc(S)c1)(COC(=O)CCOC(=S)c1cccc(S)c1)COC(=O)CCOC(=S)c1cccc(S)c1. The third kappa shape index (κ3) is 15.5. The van der Waals surface area contributed by atoms with Crippen LogP contribution in [0.4, 0.5) is 0 Å². The van der Waals surface area contributed by atoms with Gasteiger partial charge in [0.1, 0.15) is 19.8 Å². The molecule has 0 heterocycles. The van der Waals surface area contributed by atoms with Crippen molar-refractivity contribution < 1.29 is 42.8 Å². The molecule has 3 aromatic rings. The molecule has 0 bridgehead atoms. The Bertz CT molecular complexity index is 1510. The average Bonchev–Trinajstić information content (AvgIpc) is 3.11. The molecular weight excluding hydrogens is 769 g/mol. The van der Waals surface area contributed by atoms with E-state index in [0.29, 0.717) is 23.1 Å². The van der Waals surface area contributed by atoms with E-state index in [0.717, 1.165) is 14.7 Å². The van der Waals surface area contributed by atoms with Crippen LogP contribution in [-0.4, -0.2) is 72.7 Å². The van der Waals surface area contributed by atoms with E-state index in [1.165, 1.54) is 0 Å². The second kappa shape index (κ2) is 22.0. The smallest absolute Gasteiger partial charge is 0.309 e. The predicted octanol–water partition coefficient (Wildman–Crippen LogP) is 7.23. The fourth-order valence-electron chi connectivity index (χ4n) is 4.18. The summed E-state index contributed by atoms with van der Waals surface area (Å²) in [6.07, 6.45) is 0.0469. The summed E-state index contributed by atoms with van der Waals surface area (Å²) in [5.41, 5.74) is 0.948. The molecule has 272 valence electrons. The molecule has 0 amide bonds. The Balaban J connectivity index is 1.53. The zero-order chi connectivity index (χ0) is 37.2. The van der Waals surface area contributed by atoms with Gasteiger partial charge in [-0.1, -0.05) is 43.3 Å². The van der Waals surface area contributed by atoms with Gasteiger partial charge in [0.15, 0.2) is 15.2 Å². The number of thiol groups is 3. The fourth-order valence-corrected chi connectivity index (χ4v) is 5.48. The molecule has 0 saturated heterocycles. The fraction of sp³-hybridized carbons (Fsp3) is 0.333. The lowest BCUT2D eigenvalue weighted by molar-refractivity contribution is -0.162. The van der Waals surface area contributed by atoms with Gasteiger partial charge >= 0.3 is 17.9 Å². The van der Waals surface area contributed by atoms with Crippen molar-refractivity contribution in [3.63, 3.8) is 0 Å². The van der Waals surface area contributed by atoms with Crippen LogP contribution < -0.4 is 0 Å². The normalized spacial score (nSPS) is 10.8. The number of rotatable bonds is 19. The summed E-state index contributed by atoms with van der Waals surface area (Å²) in [4.78, 5) is 40.3. The van der Waals surface area contributed by atoms with E-state index < -0.39 is 23.3 Å². The van der Waals surface area contributed by atoms with E-state index >= 15 is 0 Å². The number of benzene rings is 3. The molecule has 0 saturated carbocycles. The van der Waals surface area contributed by atoms with Crippen LogP contribution in [0.25, 0.3) is 0 Å². The van der Waals surface area contributed by atoms with Crippen LogP contribution in [0.3, 0.4) is 0 Å². The molecule has 51 heavy (non-hydrogen) atoms. The molecule has 0 N–H and O–H groups in total. The van der Waals surface area contributed by atoms with Crippen LogP contribution >= 0.6 is 74.5 Å². The maximum Gasteiger partial charge on any atom is 0.309 e. The van der Waals surface area contributed by atoms with Gasteiger partial charge in [0.2, 0.25) is 0 Å². The van der Waals surface area contributed by atoms with Gasteiger partial charge in [-0.25, -0.2) is 0 Å². The Hall–Kier alpha value is -3.21. The predicted molar refractivity (Wildman–Crippen MR) is 213 cm³/mol. The highest BCUT2D eigenvalue weighted by atomic mass is 32.1. The molecule has 0 aromatic heterocycles. The lowest BCUT2D eigenvalue weighted by Crippen LogP contribution is -2.39. The third-order valence-electron chi connectivity index (χ3n) is 7.23. The summed E-state index contributed by atoms with van der Waals surface area (Å²) in [5, 5.41) is 0.668. The van der Waals surface area contributed by atoms with Crippen molar-refractivity contribution in [3.8, 4) is 0 Å². The van der Waals surface area contributed by atoms with Crippen LogP contribution in [0, 0.1) is 5.41 Å². The van der Waals surface area contributed by atoms with Gasteiger partial charge in [-0.15, -0.1) is 37.9 Å². The number of carbonyl (C=O) groups is 3. The summed E-state index contributed by atoms with van der Waals surface area (Å²) in [7, 11) is 0. The average molecular weight is 807 g/mol. The first kappa shape index (κ1) is 42.2. The van der Waals surface area contributed by atoms with Crippen molar-refractivity contribution in [1.29, 1.82) is 0 Å². The largest absolute Gasteiger partial charge is 0.482 e. The van der Waals surface area contributed by atoms with Crippen LogP contribution in [0.2, 0.25) is 0 Å². The number of esters is 3. The summed E-state index contributed by atoms with van der Waals surface area (Å²) < 4.78 is 33.3. The highest BCUT2D eigenvalue weighted by Gasteiger charge is 2.34. The van der Waals surface area contributed by atoms with Gasteiger partial charge in [0.05, 0.1) is 44.5 Å². The van der Waals surface area contributed by atoms with E-state index in [4.69, 9.17) is 65.1 Å². The van der Waals surface area contributed by atoms with Gasteiger partial charge in [0, 0.05) is 31.4 Å². The highest BCUT2D eigenvalue weighted by molar-refractivity contribution is 7.81. The summed E-state index contributed by atoms with van der Waals surface area (Å²) >= 11 is 28.8. The molecule has 0 aliphatic heterocycles. The Labute approximate surface area is 330 Å². The van der Waals surface area contributed by atoms with Crippen molar-refractivity contribution in [2.24, 2.45) is 5.41 Å². The quantitative estimate of drug-likeness (QED) is 0.0493. The molecule has 3 aromatic carbocycles. The van der Waals surface area contributed by atoms with Crippen LogP contribution in [0.1, 0.15) is 49.3 Å². The first-order valence-electron chi connectivity index (χ1n) is 15.7. The molecular formula is C36H38O9S6. The molecule has 3 rings (SSSR count). The highest BCUT2D eigenvalue weighted by Crippen LogP contribution is 2.25. The van der Waals surface area contributed by atoms with Crippen LogP contribution in [0.15, 0.2) is 87.5 Å². The number of ether oxygens (including phenoxy) is 6. The van der Waals surface area contributed by atoms with Gasteiger partial charge in [0.25, 0.3) is 0 Å². The minimum absolute atomic E-state index is 0.0160. The van der Waals surface area contributed by atoms with Crippen LogP contribution in [0.5, 0.6) is 0 Å². The summed E-state index contributed by atoms with van der Waals surface area (Å²) in [6, 6.07) is 21.4. The van der Waals surface area contributed by atoms with Gasteiger partial charge < -0.3 is 28.4 Å². The lowest BCUT2D eigenvalue weighted by Gasteiger charge is -2.31. The Morgan fingerprint density at radius 3 is 1.08 bits per heavy atom. The monoisotopic (exact) mass is 806 g/mol.